The number of ether oxygens (including phenoxy) is 2. The molecule has 9 heteroatoms. The van der Waals surface area contributed by atoms with Crippen molar-refractivity contribution in [1.29, 1.82) is 0 Å². The van der Waals surface area contributed by atoms with Gasteiger partial charge in [0.15, 0.2) is 0 Å². The molecule has 0 atom stereocenters. The highest BCUT2D eigenvalue weighted by Gasteiger charge is 2.42. The molecular formula is C22H28ClN3O5. The molecule has 1 aromatic rings. The van der Waals surface area contributed by atoms with E-state index in [1.807, 2.05) is 0 Å². The first-order valence-corrected chi connectivity index (χ1v) is 11.1. The highest BCUT2D eigenvalue weighted by atomic mass is 35.5. The molecular weight excluding hydrogens is 422 g/mol. The molecule has 31 heavy (non-hydrogen) atoms. The number of fused-ring (bicyclic) bond motifs is 1. The fourth-order valence-electron chi connectivity index (χ4n) is 4.49. The zero-order valence-electron chi connectivity index (χ0n) is 17.8. The first-order valence-electron chi connectivity index (χ1n) is 10.8. The normalized spacial score (nSPS) is 21.2. The highest BCUT2D eigenvalue weighted by Crippen LogP contribution is 2.36. The number of halogens is 1. The zero-order valence-corrected chi connectivity index (χ0v) is 18.5. The van der Waals surface area contributed by atoms with Crippen molar-refractivity contribution in [2.75, 3.05) is 52.5 Å². The summed E-state index contributed by atoms with van der Waals surface area (Å²) in [6.07, 6.45) is 2.01. The first-order chi connectivity index (χ1) is 14.9. The zero-order chi connectivity index (χ0) is 22.0. The Bertz CT molecular complexity index is 871. The highest BCUT2D eigenvalue weighted by molar-refractivity contribution is 6.31. The molecule has 1 spiro atoms. The predicted octanol–water partition coefficient (Wildman–Crippen LogP) is 1.80. The van der Waals surface area contributed by atoms with Gasteiger partial charge in [-0.25, -0.2) is 0 Å². The Hall–Kier alpha value is -2.32. The molecule has 0 aromatic heterocycles. The quantitative estimate of drug-likeness (QED) is 0.688. The van der Waals surface area contributed by atoms with Crippen molar-refractivity contribution in [1.82, 2.24) is 14.7 Å². The van der Waals surface area contributed by atoms with Gasteiger partial charge in [0.1, 0.15) is 17.9 Å². The van der Waals surface area contributed by atoms with Crippen LogP contribution in [-0.4, -0.2) is 90.5 Å². The van der Waals surface area contributed by atoms with Gasteiger partial charge >= 0.3 is 0 Å². The molecule has 168 valence electrons. The third-order valence-electron chi connectivity index (χ3n) is 6.29. The third kappa shape index (κ3) is 4.80. The van der Waals surface area contributed by atoms with E-state index in [1.165, 1.54) is 0 Å². The fraction of sp³-hybridized carbons (Fsp3) is 0.591. The maximum atomic E-state index is 13.4. The molecule has 2 fully saturated rings. The van der Waals surface area contributed by atoms with E-state index >= 15 is 0 Å². The molecule has 0 saturated carbocycles. The number of carbonyl (C=O) groups is 3. The number of rotatable bonds is 2. The van der Waals surface area contributed by atoms with Gasteiger partial charge in [0.25, 0.3) is 5.91 Å². The van der Waals surface area contributed by atoms with Crippen LogP contribution in [0.15, 0.2) is 18.2 Å². The molecule has 1 aromatic carbocycles. The van der Waals surface area contributed by atoms with Gasteiger partial charge in [-0.3, -0.25) is 14.4 Å². The van der Waals surface area contributed by atoms with Crippen LogP contribution in [0.1, 0.15) is 36.5 Å². The van der Waals surface area contributed by atoms with E-state index in [0.29, 0.717) is 75.1 Å². The summed E-state index contributed by atoms with van der Waals surface area (Å²) in [6, 6.07) is 5.04. The van der Waals surface area contributed by atoms with Crippen LogP contribution in [0, 0.1) is 0 Å². The van der Waals surface area contributed by atoms with Gasteiger partial charge in [-0.15, -0.1) is 0 Å². The minimum absolute atomic E-state index is 0.0177. The van der Waals surface area contributed by atoms with Crippen LogP contribution < -0.4 is 4.74 Å². The predicted molar refractivity (Wildman–Crippen MR) is 114 cm³/mol. The van der Waals surface area contributed by atoms with Crippen molar-refractivity contribution in [2.24, 2.45) is 0 Å². The van der Waals surface area contributed by atoms with E-state index in [1.54, 1.807) is 39.8 Å². The van der Waals surface area contributed by atoms with Crippen molar-refractivity contribution in [3.63, 3.8) is 0 Å². The van der Waals surface area contributed by atoms with Gasteiger partial charge in [-0.1, -0.05) is 11.6 Å². The van der Waals surface area contributed by atoms with E-state index in [2.05, 4.69) is 0 Å². The lowest BCUT2D eigenvalue weighted by Gasteiger charge is -2.39. The number of carbonyl (C=O) groups excluding carboxylic acids is 3. The summed E-state index contributed by atoms with van der Waals surface area (Å²) >= 11 is 6.15. The maximum Gasteiger partial charge on any atom is 0.258 e. The lowest BCUT2D eigenvalue weighted by Crippen LogP contribution is -2.53. The Kier molecular flexibility index (Phi) is 6.39. The van der Waals surface area contributed by atoms with E-state index in [4.69, 9.17) is 21.1 Å². The average molecular weight is 450 g/mol. The molecule has 3 heterocycles. The Morgan fingerprint density at radius 2 is 1.81 bits per heavy atom. The molecule has 0 unspecified atom stereocenters. The van der Waals surface area contributed by atoms with E-state index in [0.717, 1.165) is 6.42 Å². The average Bonchev–Trinajstić information content (AvgIpc) is 3.05. The summed E-state index contributed by atoms with van der Waals surface area (Å²) in [7, 11) is 0. The second kappa shape index (κ2) is 9.04. The number of benzene rings is 1. The van der Waals surface area contributed by atoms with Crippen LogP contribution in [0.5, 0.6) is 5.75 Å². The number of nitrogens with zero attached hydrogens (tertiary/aromatic N) is 3. The van der Waals surface area contributed by atoms with Crippen LogP contribution in [0.3, 0.4) is 0 Å². The molecule has 3 aliphatic rings. The largest absolute Gasteiger partial charge is 0.484 e. The van der Waals surface area contributed by atoms with Crippen LogP contribution >= 0.6 is 11.6 Å². The summed E-state index contributed by atoms with van der Waals surface area (Å²) in [5, 5.41) is 0.446. The van der Waals surface area contributed by atoms with Crippen molar-refractivity contribution in [3.8, 4) is 5.75 Å². The second-order valence-corrected chi connectivity index (χ2v) is 8.88. The van der Waals surface area contributed by atoms with E-state index in [-0.39, 0.29) is 24.3 Å². The van der Waals surface area contributed by atoms with Crippen LogP contribution in [0.4, 0.5) is 0 Å². The van der Waals surface area contributed by atoms with Gasteiger partial charge < -0.3 is 24.2 Å². The Balaban J connectivity index is 1.55. The van der Waals surface area contributed by atoms with Crippen molar-refractivity contribution in [2.45, 2.75) is 31.8 Å². The minimum Gasteiger partial charge on any atom is -0.484 e. The molecule has 4 rings (SSSR count). The molecule has 8 nitrogen and oxygen atoms in total. The summed E-state index contributed by atoms with van der Waals surface area (Å²) in [5.41, 5.74) is -0.209. The molecule has 0 aliphatic carbocycles. The van der Waals surface area contributed by atoms with Gasteiger partial charge in [0.05, 0.1) is 25.3 Å². The van der Waals surface area contributed by atoms with Gasteiger partial charge in [-0.05, 0) is 24.6 Å². The van der Waals surface area contributed by atoms with E-state index < -0.39 is 5.60 Å². The molecule has 0 radical (unpaired) electrons. The van der Waals surface area contributed by atoms with Crippen LogP contribution in [0.2, 0.25) is 5.02 Å². The Labute approximate surface area is 187 Å². The Morgan fingerprint density at radius 1 is 1.10 bits per heavy atom. The van der Waals surface area contributed by atoms with Crippen molar-refractivity contribution < 1.29 is 23.9 Å². The second-order valence-electron chi connectivity index (χ2n) is 8.44. The van der Waals surface area contributed by atoms with Crippen molar-refractivity contribution >= 4 is 29.3 Å². The molecule has 3 aliphatic heterocycles. The first kappa shape index (κ1) is 21.9. The fourth-order valence-corrected chi connectivity index (χ4v) is 4.66. The minimum atomic E-state index is -0.586. The number of hydrogen-bond acceptors (Lipinski definition) is 5. The van der Waals surface area contributed by atoms with Crippen molar-refractivity contribution in [3.05, 3.63) is 28.8 Å². The summed E-state index contributed by atoms with van der Waals surface area (Å²) < 4.78 is 11.9. The summed E-state index contributed by atoms with van der Waals surface area (Å²) in [6.45, 7) is 5.13. The number of amides is 3. The molecule has 2 saturated heterocycles. The summed E-state index contributed by atoms with van der Waals surface area (Å²) in [5.74, 6) is 0.142. The maximum absolute atomic E-state index is 13.4. The van der Waals surface area contributed by atoms with Gasteiger partial charge in [0, 0.05) is 51.0 Å². The van der Waals surface area contributed by atoms with Crippen LogP contribution in [0.25, 0.3) is 0 Å². The SMILES string of the molecule is CC(=O)N1CCCN(C(=O)CN2CC3(CCOCC3)Oc3ccc(Cl)cc3C2=O)CC1. The van der Waals surface area contributed by atoms with Crippen LogP contribution in [-0.2, 0) is 14.3 Å². The molecule has 0 N–H and O–H groups in total. The lowest BCUT2D eigenvalue weighted by atomic mass is 9.93. The van der Waals surface area contributed by atoms with E-state index in [9.17, 15) is 14.4 Å². The molecule has 0 bridgehead atoms. The third-order valence-corrected chi connectivity index (χ3v) is 6.52. The van der Waals surface area contributed by atoms with Gasteiger partial charge in [0.2, 0.25) is 11.8 Å². The van der Waals surface area contributed by atoms with Gasteiger partial charge in [-0.2, -0.15) is 0 Å². The molecule has 3 amide bonds. The number of hydrogen-bond donors (Lipinski definition) is 0. The summed E-state index contributed by atoms with van der Waals surface area (Å²) in [4.78, 5) is 43.3. The Morgan fingerprint density at radius 3 is 2.55 bits per heavy atom. The monoisotopic (exact) mass is 449 g/mol. The lowest BCUT2D eigenvalue weighted by molar-refractivity contribution is -0.133. The standard InChI is InChI=1S/C22H28ClN3O5/c1-16(27)24-7-2-8-25(10-9-24)20(28)14-26-15-22(5-11-30-12-6-22)31-19-4-3-17(23)13-18(19)21(26)29/h3-4,13H,2,5-12,14-15H2,1H3. The topological polar surface area (TPSA) is 79.4 Å². The smallest absolute Gasteiger partial charge is 0.258 e.